The van der Waals surface area contributed by atoms with E-state index in [4.69, 9.17) is 15.1 Å². The quantitative estimate of drug-likeness (QED) is 0.799. The predicted molar refractivity (Wildman–Crippen MR) is 62.2 cm³/mol. The van der Waals surface area contributed by atoms with E-state index in [0.29, 0.717) is 23.3 Å². The Morgan fingerprint density at radius 2 is 2.24 bits per heavy atom. The first kappa shape index (κ1) is 13.2. The highest BCUT2D eigenvalue weighted by molar-refractivity contribution is 5.74. The molecule has 0 radical (unpaired) electrons. The standard InChI is InChI=1S/C13H15NO3/c1-3-17-13(16)6-11-5-10(8-15)4-9(2)12(11)7-14/h4-5,15H,3,6,8H2,1-2H3. The lowest BCUT2D eigenvalue weighted by molar-refractivity contribution is -0.142. The lowest BCUT2D eigenvalue weighted by atomic mass is 9.97. The number of carbonyl (C=O) groups is 1. The molecule has 17 heavy (non-hydrogen) atoms. The van der Waals surface area contributed by atoms with E-state index < -0.39 is 0 Å². The number of ether oxygens (including phenoxy) is 1. The molecule has 4 heteroatoms. The van der Waals surface area contributed by atoms with Crippen molar-refractivity contribution in [3.63, 3.8) is 0 Å². The molecular formula is C13H15NO3. The number of hydrogen-bond acceptors (Lipinski definition) is 4. The van der Waals surface area contributed by atoms with Crippen LogP contribution in [0.15, 0.2) is 12.1 Å². The fraction of sp³-hybridized carbons (Fsp3) is 0.385. The average molecular weight is 233 g/mol. The average Bonchev–Trinajstić information content (AvgIpc) is 2.28. The van der Waals surface area contributed by atoms with Crippen molar-refractivity contribution < 1.29 is 14.6 Å². The molecule has 0 aliphatic carbocycles. The van der Waals surface area contributed by atoms with E-state index in [2.05, 4.69) is 6.07 Å². The highest BCUT2D eigenvalue weighted by Crippen LogP contribution is 2.17. The smallest absolute Gasteiger partial charge is 0.310 e. The van der Waals surface area contributed by atoms with Gasteiger partial charge in [-0.3, -0.25) is 4.79 Å². The molecule has 0 heterocycles. The Hall–Kier alpha value is -1.86. The van der Waals surface area contributed by atoms with E-state index in [-0.39, 0.29) is 19.0 Å². The molecule has 0 spiro atoms. The maximum atomic E-state index is 11.4. The number of benzene rings is 1. The van der Waals surface area contributed by atoms with Crippen LogP contribution in [0.3, 0.4) is 0 Å². The zero-order chi connectivity index (χ0) is 12.8. The summed E-state index contributed by atoms with van der Waals surface area (Å²) in [6.07, 6.45) is 0.0609. The minimum Gasteiger partial charge on any atom is -0.466 e. The van der Waals surface area contributed by atoms with E-state index in [1.165, 1.54) is 0 Å². The predicted octanol–water partition coefficient (Wildman–Crippen LogP) is 1.46. The Morgan fingerprint density at radius 3 is 2.76 bits per heavy atom. The molecule has 1 aromatic carbocycles. The fourth-order valence-electron chi connectivity index (χ4n) is 1.70. The van der Waals surface area contributed by atoms with E-state index in [0.717, 1.165) is 5.56 Å². The summed E-state index contributed by atoms with van der Waals surface area (Å²) >= 11 is 0. The van der Waals surface area contributed by atoms with Gasteiger partial charge in [0, 0.05) is 0 Å². The van der Waals surface area contributed by atoms with Crippen LogP contribution in [0.2, 0.25) is 0 Å². The van der Waals surface area contributed by atoms with Crippen molar-refractivity contribution >= 4 is 5.97 Å². The number of aryl methyl sites for hydroxylation is 1. The molecule has 0 saturated heterocycles. The Balaban J connectivity index is 3.08. The van der Waals surface area contributed by atoms with Gasteiger partial charge in [-0.25, -0.2) is 0 Å². The van der Waals surface area contributed by atoms with Gasteiger partial charge < -0.3 is 9.84 Å². The first-order valence-corrected chi connectivity index (χ1v) is 5.41. The van der Waals surface area contributed by atoms with Gasteiger partial charge in [-0.2, -0.15) is 5.26 Å². The molecule has 0 saturated carbocycles. The van der Waals surface area contributed by atoms with Crippen LogP contribution in [0.4, 0.5) is 0 Å². The number of aliphatic hydroxyl groups is 1. The third-order valence-corrected chi connectivity index (χ3v) is 2.41. The topological polar surface area (TPSA) is 70.3 Å². The van der Waals surface area contributed by atoms with E-state index in [9.17, 15) is 4.79 Å². The van der Waals surface area contributed by atoms with Gasteiger partial charge in [0.15, 0.2) is 0 Å². The lowest BCUT2D eigenvalue weighted by Crippen LogP contribution is -2.09. The molecule has 4 nitrogen and oxygen atoms in total. The highest BCUT2D eigenvalue weighted by Gasteiger charge is 2.12. The molecule has 1 N–H and O–H groups in total. The molecule has 0 aliphatic rings. The summed E-state index contributed by atoms with van der Waals surface area (Å²) in [4.78, 5) is 11.4. The maximum Gasteiger partial charge on any atom is 0.310 e. The van der Waals surface area contributed by atoms with Crippen molar-refractivity contribution in [2.75, 3.05) is 6.61 Å². The lowest BCUT2D eigenvalue weighted by Gasteiger charge is -2.09. The second-order valence-corrected chi connectivity index (χ2v) is 3.70. The highest BCUT2D eigenvalue weighted by atomic mass is 16.5. The van der Waals surface area contributed by atoms with Gasteiger partial charge in [0.25, 0.3) is 0 Å². The van der Waals surface area contributed by atoms with E-state index in [1.54, 1.807) is 26.0 Å². The fourth-order valence-corrected chi connectivity index (χ4v) is 1.70. The monoisotopic (exact) mass is 233 g/mol. The van der Waals surface area contributed by atoms with E-state index in [1.807, 2.05) is 0 Å². The number of nitrogens with zero attached hydrogens (tertiary/aromatic N) is 1. The number of hydrogen-bond donors (Lipinski definition) is 1. The number of nitriles is 1. The Morgan fingerprint density at radius 1 is 1.53 bits per heavy atom. The van der Waals surface area contributed by atoms with Crippen molar-refractivity contribution in [2.45, 2.75) is 26.9 Å². The van der Waals surface area contributed by atoms with Crippen LogP contribution < -0.4 is 0 Å². The Labute approximate surface area is 100 Å². The van der Waals surface area contributed by atoms with Crippen molar-refractivity contribution in [1.29, 1.82) is 5.26 Å². The first-order valence-electron chi connectivity index (χ1n) is 5.41. The summed E-state index contributed by atoms with van der Waals surface area (Å²) in [7, 11) is 0. The van der Waals surface area contributed by atoms with Gasteiger partial charge in [-0.15, -0.1) is 0 Å². The molecule has 1 rings (SSSR count). The maximum absolute atomic E-state index is 11.4. The second-order valence-electron chi connectivity index (χ2n) is 3.70. The largest absolute Gasteiger partial charge is 0.466 e. The molecular weight excluding hydrogens is 218 g/mol. The molecule has 0 aromatic heterocycles. The minimum absolute atomic E-state index is 0.0609. The summed E-state index contributed by atoms with van der Waals surface area (Å²) in [5.41, 5.74) is 2.55. The Kier molecular flexibility index (Phi) is 4.68. The van der Waals surface area contributed by atoms with Crippen LogP contribution in [0.1, 0.15) is 29.2 Å². The van der Waals surface area contributed by atoms with Crippen LogP contribution in [0.25, 0.3) is 0 Å². The number of carbonyl (C=O) groups excluding carboxylic acids is 1. The minimum atomic E-state index is -0.363. The van der Waals surface area contributed by atoms with Crippen LogP contribution in [-0.2, 0) is 22.6 Å². The van der Waals surface area contributed by atoms with E-state index >= 15 is 0 Å². The molecule has 0 unspecified atom stereocenters. The van der Waals surface area contributed by atoms with Gasteiger partial charge in [0.1, 0.15) is 0 Å². The second kappa shape index (κ2) is 6.02. The van der Waals surface area contributed by atoms with Crippen molar-refractivity contribution in [3.05, 3.63) is 34.4 Å². The zero-order valence-corrected chi connectivity index (χ0v) is 9.99. The van der Waals surface area contributed by atoms with Gasteiger partial charge in [0.05, 0.1) is 31.3 Å². The molecule has 0 fully saturated rings. The molecule has 0 aliphatic heterocycles. The van der Waals surface area contributed by atoms with Gasteiger partial charge in [-0.05, 0) is 30.5 Å². The third kappa shape index (κ3) is 3.30. The summed E-state index contributed by atoms with van der Waals surface area (Å²) < 4.78 is 4.85. The number of esters is 1. The normalized spacial score (nSPS) is 9.76. The van der Waals surface area contributed by atoms with Crippen molar-refractivity contribution in [1.82, 2.24) is 0 Å². The van der Waals surface area contributed by atoms with Crippen LogP contribution in [-0.4, -0.2) is 17.7 Å². The van der Waals surface area contributed by atoms with Gasteiger partial charge in [0.2, 0.25) is 0 Å². The molecule has 0 atom stereocenters. The van der Waals surface area contributed by atoms with Crippen molar-refractivity contribution in [3.8, 4) is 6.07 Å². The van der Waals surface area contributed by atoms with Gasteiger partial charge >= 0.3 is 5.97 Å². The zero-order valence-electron chi connectivity index (χ0n) is 9.99. The summed E-state index contributed by atoms with van der Waals surface area (Å²) in [6, 6.07) is 5.49. The molecule has 90 valence electrons. The van der Waals surface area contributed by atoms with Crippen LogP contribution in [0, 0.1) is 18.3 Å². The number of aliphatic hydroxyl groups excluding tert-OH is 1. The van der Waals surface area contributed by atoms with Crippen LogP contribution in [0.5, 0.6) is 0 Å². The molecule has 0 bridgehead atoms. The molecule has 1 aromatic rings. The SMILES string of the molecule is CCOC(=O)Cc1cc(CO)cc(C)c1C#N. The first-order chi connectivity index (χ1) is 8.12. The Bertz CT molecular complexity index is 460. The summed E-state index contributed by atoms with van der Waals surface area (Å²) in [6.45, 7) is 3.73. The summed E-state index contributed by atoms with van der Waals surface area (Å²) in [5.74, 6) is -0.363. The van der Waals surface area contributed by atoms with Gasteiger partial charge in [-0.1, -0.05) is 12.1 Å². The number of rotatable bonds is 4. The molecule has 0 amide bonds. The third-order valence-electron chi connectivity index (χ3n) is 2.41. The van der Waals surface area contributed by atoms with Crippen molar-refractivity contribution in [2.24, 2.45) is 0 Å². The van der Waals surface area contributed by atoms with Crippen LogP contribution >= 0.6 is 0 Å². The summed E-state index contributed by atoms with van der Waals surface area (Å²) in [5, 5.41) is 18.1.